The quantitative estimate of drug-likeness (QED) is 0.706. The summed E-state index contributed by atoms with van der Waals surface area (Å²) in [5, 5.41) is 0. The van der Waals surface area contributed by atoms with Crippen LogP contribution in [0.3, 0.4) is 0 Å². The highest BCUT2D eigenvalue weighted by Crippen LogP contribution is 2.34. The summed E-state index contributed by atoms with van der Waals surface area (Å²) in [6.07, 6.45) is 3.17. The Morgan fingerprint density at radius 3 is 2.47 bits per heavy atom. The van der Waals surface area contributed by atoms with Crippen LogP contribution in [0.2, 0.25) is 0 Å². The largest absolute Gasteiger partial charge is 0.449 e. The van der Waals surface area contributed by atoms with Crippen molar-refractivity contribution in [3.63, 3.8) is 0 Å². The van der Waals surface area contributed by atoms with E-state index in [9.17, 15) is 13.2 Å². The molecule has 0 saturated heterocycles. The maximum Gasteiger partial charge on any atom is 0.449 e. The highest BCUT2D eigenvalue weighted by Gasteiger charge is 2.37. The fourth-order valence-corrected chi connectivity index (χ4v) is 2.19. The van der Waals surface area contributed by atoms with Gasteiger partial charge in [-0.3, -0.25) is 0 Å². The minimum atomic E-state index is -4.33. The molecule has 0 bridgehead atoms. The van der Waals surface area contributed by atoms with Crippen LogP contribution in [0.4, 0.5) is 13.2 Å². The second-order valence-electron chi connectivity index (χ2n) is 3.95. The molecule has 84 valence electrons. The van der Waals surface area contributed by atoms with Crippen molar-refractivity contribution in [2.45, 2.75) is 44.3 Å². The average Bonchev–Trinajstić information content (AvgIpc) is 2.67. The van der Waals surface area contributed by atoms with E-state index in [2.05, 4.69) is 4.98 Å². The predicted octanol–water partition coefficient (Wildman–Crippen LogP) is 3.41. The molecule has 1 saturated carbocycles. The lowest BCUT2D eigenvalue weighted by Crippen LogP contribution is -2.20. The zero-order valence-corrected chi connectivity index (χ0v) is 8.30. The Bertz CT molecular complexity index is 324. The summed E-state index contributed by atoms with van der Waals surface area (Å²) in [6, 6.07) is -0.0159. The molecule has 2 rings (SSSR count). The van der Waals surface area contributed by atoms with Crippen LogP contribution in [0.5, 0.6) is 0 Å². The monoisotopic (exact) mass is 218 g/mol. The summed E-state index contributed by atoms with van der Waals surface area (Å²) in [5.41, 5.74) is 0. The number of nitrogens with zero attached hydrogens (tertiary/aromatic N) is 2. The van der Waals surface area contributed by atoms with Crippen LogP contribution in [0.25, 0.3) is 0 Å². The van der Waals surface area contributed by atoms with Crippen LogP contribution in [0.1, 0.15) is 44.0 Å². The van der Waals surface area contributed by atoms with Crippen LogP contribution in [-0.2, 0) is 6.18 Å². The van der Waals surface area contributed by atoms with Gasteiger partial charge in [-0.1, -0.05) is 19.3 Å². The number of alkyl halides is 3. The summed E-state index contributed by atoms with van der Waals surface area (Å²) < 4.78 is 39.0. The van der Waals surface area contributed by atoms with E-state index in [0.717, 1.165) is 32.1 Å². The molecule has 1 heterocycles. The van der Waals surface area contributed by atoms with E-state index >= 15 is 0 Å². The minimum absolute atomic E-state index is 0.0159. The van der Waals surface area contributed by atoms with Gasteiger partial charge in [0.25, 0.3) is 0 Å². The summed E-state index contributed by atoms with van der Waals surface area (Å²) in [4.78, 5) is 3.40. The Labute approximate surface area is 86.1 Å². The molecule has 0 aromatic carbocycles. The van der Waals surface area contributed by atoms with E-state index in [1.807, 2.05) is 0 Å². The van der Waals surface area contributed by atoms with Crippen molar-refractivity contribution in [3.05, 3.63) is 18.2 Å². The second-order valence-corrected chi connectivity index (χ2v) is 3.95. The highest BCUT2D eigenvalue weighted by atomic mass is 19.4. The first-order valence-corrected chi connectivity index (χ1v) is 5.19. The highest BCUT2D eigenvalue weighted by molar-refractivity contribution is 4.99. The fraction of sp³-hybridized carbons (Fsp3) is 0.700. The van der Waals surface area contributed by atoms with Crippen molar-refractivity contribution in [2.75, 3.05) is 0 Å². The van der Waals surface area contributed by atoms with Crippen molar-refractivity contribution in [3.8, 4) is 0 Å². The topological polar surface area (TPSA) is 17.8 Å². The first-order valence-electron chi connectivity index (χ1n) is 5.19. The smallest absolute Gasteiger partial charge is 0.324 e. The van der Waals surface area contributed by atoms with Crippen molar-refractivity contribution in [1.29, 1.82) is 0 Å². The molecular formula is C10H13F3N2. The van der Waals surface area contributed by atoms with Gasteiger partial charge in [-0.15, -0.1) is 0 Å². The normalized spacial score (nSPS) is 19.4. The Hall–Kier alpha value is -1.00. The number of rotatable bonds is 1. The Morgan fingerprint density at radius 1 is 1.20 bits per heavy atom. The van der Waals surface area contributed by atoms with Gasteiger partial charge in [0.2, 0.25) is 5.82 Å². The zero-order valence-electron chi connectivity index (χ0n) is 8.30. The third kappa shape index (κ3) is 2.16. The van der Waals surface area contributed by atoms with Crippen molar-refractivity contribution in [1.82, 2.24) is 9.55 Å². The van der Waals surface area contributed by atoms with Crippen LogP contribution in [0, 0.1) is 0 Å². The lowest BCUT2D eigenvalue weighted by Gasteiger charge is -2.25. The number of hydrogen-bond donors (Lipinski definition) is 0. The summed E-state index contributed by atoms with van der Waals surface area (Å²) in [5.74, 6) is -0.755. The Balaban J connectivity index is 2.24. The van der Waals surface area contributed by atoms with Gasteiger partial charge in [0.1, 0.15) is 0 Å². The number of imidazole rings is 1. The molecule has 1 aromatic heterocycles. The maximum atomic E-state index is 12.6. The molecule has 0 unspecified atom stereocenters. The molecule has 1 aliphatic rings. The van der Waals surface area contributed by atoms with Crippen LogP contribution >= 0.6 is 0 Å². The van der Waals surface area contributed by atoms with Gasteiger partial charge in [-0.2, -0.15) is 13.2 Å². The number of hydrogen-bond acceptors (Lipinski definition) is 1. The minimum Gasteiger partial charge on any atom is -0.324 e. The molecule has 0 amide bonds. The van der Waals surface area contributed by atoms with Gasteiger partial charge in [-0.05, 0) is 12.8 Å². The first-order chi connectivity index (χ1) is 7.09. The molecule has 5 heteroatoms. The summed E-state index contributed by atoms with van der Waals surface area (Å²) in [6.45, 7) is 0. The predicted molar refractivity (Wildman–Crippen MR) is 49.4 cm³/mol. The molecule has 2 nitrogen and oxygen atoms in total. The zero-order chi connectivity index (χ0) is 10.9. The standard InChI is InChI=1S/C10H13F3N2/c11-10(12,13)9-14-6-7-15(9)8-4-2-1-3-5-8/h6-8H,1-5H2. The van der Waals surface area contributed by atoms with E-state index in [1.54, 1.807) is 0 Å². The molecule has 0 atom stereocenters. The van der Waals surface area contributed by atoms with Gasteiger partial charge in [0.15, 0.2) is 0 Å². The van der Waals surface area contributed by atoms with Crippen LogP contribution in [0.15, 0.2) is 12.4 Å². The first kappa shape index (κ1) is 10.5. The van der Waals surface area contributed by atoms with Crippen LogP contribution < -0.4 is 0 Å². The van der Waals surface area contributed by atoms with E-state index in [4.69, 9.17) is 0 Å². The number of aromatic nitrogens is 2. The number of halogens is 3. The van der Waals surface area contributed by atoms with Crippen LogP contribution in [-0.4, -0.2) is 9.55 Å². The van der Waals surface area contributed by atoms with Gasteiger partial charge in [-0.25, -0.2) is 4.98 Å². The average molecular weight is 218 g/mol. The summed E-state index contributed by atoms with van der Waals surface area (Å²) >= 11 is 0. The lowest BCUT2D eigenvalue weighted by atomic mass is 9.95. The lowest BCUT2D eigenvalue weighted by molar-refractivity contribution is -0.148. The van der Waals surface area contributed by atoms with E-state index in [1.165, 1.54) is 17.0 Å². The molecule has 1 aliphatic carbocycles. The van der Waals surface area contributed by atoms with Crippen molar-refractivity contribution >= 4 is 0 Å². The molecule has 15 heavy (non-hydrogen) atoms. The maximum absolute atomic E-state index is 12.6. The molecule has 0 radical (unpaired) electrons. The van der Waals surface area contributed by atoms with Crippen molar-refractivity contribution < 1.29 is 13.2 Å². The SMILES string of the molecule is FC(F)(F)c1nccn1C1CCCCC1. The molecule has 0 N–H and O–H groups in total. The Kier molecular flexibility index (Phi) is 2.71. The van der Waals surface area contributed by atoms with E-state index < -0.39 is 12.0 Å². The third-order valence-corrected chi connectivity index (χ3v) is 2.89. The van der Waals surface area contributed by atoms with Gasteiger partial charge in [0.05, 0.1) is 0 Å². The second kappa shape index (κ2) is 3.87. The fourth-order valence-electron chi connectivity index (χ4n) is 2.19. The van der Waals surface area contributed by atoms with Gasteiger partial charge in [0, 0.05) is 18.4 Å². The van der Waals surface area contributed by atoms with Crippen molar-refractivity contribution in [2.24, 2.45) is 0 Å². The molecule has 0 aliphatic heterocycles. The third-order valence-electron chi connectivity index (χ3n) is 2.89. The molecular weight excluding hydrogens is 205 g/mol. The molecule has 0 spiro atoms. The molecule has 1 aromatic rings. The summed E-state index contributed by atoms with van der Waals surface area (Å²) in [7, 11) is 0. The Morgan fingerprint density at radius 2 is 1.87 bits per heavy atom. The van der Waals surface area contributed by atoms with Gasteiger partial charge >= 0.3 is 6.18 Å². The van der Waals surface area contributed by atoms with E-state index in [0.29, 0.717) is 0 Å². The van der Waals surface area contributed by atoms with Gasteiger partial charge < -0.3 is 4.57 Å². The van der Waals surface area contributed by atoms with E-state index in [-0.39, 0.29) is 6.04 Å². The molecule has 1 fully saturated rings.